The van der Waals surface area contributed by atoms with E-state index in [1.807, 2.05) is 0 Å². The van der Waals surface area contributed by atoms with E-state index in [1.165, 1.54) is 24.0 Å². The number of allylic oxidation sites excluding steroid dienone is 5. The van der Waals surface area contributed by atoms with Crippen LogP contribution in [0.15, 0.2) is 39.1 Å². The van der Waals surface area contributed by atoms with Gasteiger partial charge in [-0.2, -0.15) is 0 Å². The summed E-state index contributed by atoms with van der Waals surface area (Å²) in [5.41, 5.74) is 4.17. The van der Waals surface area contributed by atoms with Crippen molar-refractivity contribution in [2.45, 2.75) is 58.8 Å². The number of halogens is 1. The first kappa shape index (κ1) is 19.8. The number of nitrogens with zero attached hydrogens (tertiary/aromatic N) is 1. The molecule has 158 valence electrons. The van der Waals surface area contributed by atoms with Gasteiger partial charge in [0.05, 0.1) is 25.2 Å². The van der Waals surface area contributed by atoms with Crippen LogP contribution in [0.5, 0.6) is 0 Å². The molecule has 0 spiro atoms. The Morgan fingerprint density at radius 2 is 2.00 bits per heavy atom. The number of ether oxygens (including phenoxy) is 3. The second-order valence-electron chi connectivity index (χ2n) is 9.87. The number of rotatable bonds is 3. The third-order valence-electron chi connectivity index (χ3n) is 8.75. The predicted molar refractivity (Wildman–Crippen MR) is 115 cm³/mol. The molecule has 0 aromatic rings. The average Bonchev–Trinajstić information content (AvgIpc) is 3.31. The van der Waals surface area contributed by atoms with Crippen molar-refractivity contribution in [3.05, 3.63) is 34.1 Å². The van der Waals surface area contributed by atoms with Crippen molar-refractivity contribution in [1.82, 2.24) is 0 Å². The lowest BCUT2D eigenvalue weighted by Gasteiger charge is -2.57. The van der Waals surface area contributed by atoms with Crippen molar-refractivity contribution < 1.29 is 14.2 Å². The first-order valence-electron chi connectivity index (χ1n) is 11.0. The Bertz CT molecular complexity index is 843. The van der Waals surface area contributed by atoms with E-state index in [-0.39, 0.29) is 10.8 Å². The van der Waals surface area contributed by atoms with Crippen molar-refractivity contribution >= 4 is 17.3 Å². The van der Waals surface area contributed by atoms with Crippen molar-refractivity contribution in [1.29, 1.82) is 0 Å². The standard InChI is InChI=1S/C24H32ClNO3/c1-23-10-8-17-15(12-20(25)19-11-14(27-3)7-9-24(17,19)2)16(23)5-6-18(23)21-13-29-22(26-21)28-4/h6,11,15-17,22H,5,7-10,12-13H2,1-4H3/t15-,16-,17-,22?,23-,24+/m0/s1. The van der Waals surface area contributed by atoms with Gasteiger partial charge >= 0.3 is 0 Å². The van der Waals surface area contributed by atoms with E-state index in [1.54, 1.807) is 14.2 Å². The molecule has 0 amide bonds. The average molecular weight is 418 g/mol. The van der Waals surface area contributed by atoms with Crippen molar-refractivity contribution in [3.63, 3.8) is 0 Å². The van der Waals surface area contributed by atoms with E-state index in [2.05, 4.69) is 31.0 Å². The Morgan fingerprint density at radius 3 is 2.72 bits per heavy atom. The van der Waals surface area contributed by atoms with Gasteiger partial charge in [0.1, 0.15) is 0 Å². The van der Waals surface area contributed by atoms with Crippen molar-refractivity contribution in [2.75, 3.05) is 20.8 Å². The van der Waals surface area contributed by atoms with Crippen LogP contribution in [0.2, 0.25) is 0 Å². The smallest absolute Gasteiger partial charge is 0.258 e. The molecule has 1 saturated carbocycles. The van der Waals surface area contributed by atoms with Gasteiger partial charge in [0.25, 0.3) is 6.41 Å². The van der Waals surface area contributed by atoms with Crippen molar-refractivity contribution in [2.24, 2.45) is 33.6 Å². The molecule has 1 heterocycles. The van der Waals surface area contributed by atoms with E-state index in [9.17, 15) is 0 Å². The maximum Gasteiger partial charge on any atom is 0.258 e. The molecule has 1 aliphatic heterocycles. The summed E-state index contributed by atoms with van der Waals surface area (Å²) in [6, 6.07) is 0. The number of fused-ring (bicyclic) bond motifs is 5. The molecule has 6 atom stereocenters. The highest BCUT2D eigenvalue weighted by atomic mass is 35.5. The summed E-state index contributed by atoms with van der Waals surface area (Å²) in [4.78, 5) is 4.69. The molecule has 0 aromatic carbocycles. The number of aliphatic imine (C=N–C) groups is 1. The SMILES string of the molecule is COC1=CC2=C(Cl)C[C@@H]3[C@H](CC[C@]4(C)C(C5=NC(OC)OC5)=CC[C@@H]34)[C@@]2(C)CC1. The lowest BCUT2D eigenvalue weighted by molar-refractivity contribution is -0.0915. The maximum absolute atomic E-state index is 6.96. The normalized spacial score (nSPS) is 43.8. The Hall–Kier alpha value is -1.10. The highest BCUT2D eigenvalue weighted by Gasteiger charge is 2.58. The van der Waals surface area contributed by atoms with Gasteiger partial charge in [-0.05, 0) is 77.9 Å². The number of hydrogen-bond acceptors (Lipinski definition) is 4. The molecule has 0 aromatic heterocycles. The third-order valence-corrected chi connectivity index (χ3v) is 9.11. The Kier molecular flexibility index (Phi) is 4.76. The molecule has 4 nitrogen and oxygen atoms in total. The minimum Gasteiger partial charge on any atom is -0.501 e. The summed E-state index contributed by atoms with van der Waals surface area (Å²) in [5.74, 6) is 3.02. The maximum atomic E-state index is 6.96. The summed E-state index contributed by atoms with van der Waals surface area (Å²) >= 11 is 6.96. The van der Waals surface area contributed by atoms with Gasteiger partial charge in [-0.15, -0.1) is 0 Å². The van der Waals surface area contributed by atoms with Crippen LogP contribution in [0.1, 0.15) is 52.4 Å². The zero-order valence-electron chi connectivity index (χ0n) is 18.0. The van der Waals surface area contributed by atoms with E-state index in [4.69, 9.17) is 25.8 Å². The van der Waals surface area contributed by atoms with Gasteiger partial charge in [0, 0.05) is 18.6 Å². The minimum absolute atomic E-state index is 0.166. The van der Waals surface area contributed by atoms with Crippen LogP contribution < -0.4 is 0 Å². The minimum atomic E-state index is -0.442. The molecular formula is C24H32ClNO3. The van der Waals surface area contributed by atoms with Crippen LogP contribution in [0.25, 0.3) is 0 Å². The fraction of sp³-hybridized carbons (Fsp3) is 0.708. The van der Waals surface area contributed by atoms with E-state index in [0.717, 1.165) is 42.2 Å². The summed E-state index contributed by atoms with van der Waals surface area (Å²) in [7, 11) is 3.42. The summed E-state index contributed by atoms with van der Waals surface area (Å²) in [6.07, 6.45) is 11.0. The van der Waals surface area contributed by atoms with E-state index >= 15 is 0 Å². The highest BCUT2D eigenvalue weighted by molar-refractivity contribution is 6.30. The summed E-state index contributed by atoms with van der Waals surface area (Å²) in [6.45, 7) is 5.47. The molecule has 1 unspecified atom stereocenters. The molecule has 29 heavy (non-hydrogen) atoms. The quantitative estimate of drug-likeness (QED) is 0.600. The Balaban J connectivity index is 1.47. The van der Waals surface area contributed by atoms with Gasteiger partial charge < -0.3 is 14.2 Å². The van der Waals surface area contributed by atoms with Crippen LogP contribution in [0.3, 0.4) is 0 Å². The molecule has 5 aliphatic rings. The monoisotopic (exact) mass is 417 g/mol. The molecule has 5 heteroatoms. The van der Waals surface area contributed by atoms with Crippen LogP contribution in [-0.4, -0.2) is 33.0 Å². The second kappa shape index (κ2) is 6.96. The predicted octanol–water partition coefficient (Wildman–Crippen LogP) is 5.59. The van der Waals surface area contributed by atoms with Crippen LogP contribution >= 0.6 is 11.6 Å². The Morgan fingerprint density at radius 1 is 1.17 bits per heavy atom. The Labute approximate surface area is 179 Å². The molecule has 1 fully saturated rings. The molecule has 0 radical (unpaired) electrons. The molecule has 0 saturated heterocycles. The lowest BCUT2D eigenvalue weighted by Crippen LogP contribution is -2.49. The zero-order valence-corrected chi connectivity index (χ0v) is 18.7. The zero-order chi connectivity index (χ0) is 20.4. The van der Waals surface area contributed by atoms with Crippen molar-refractivity contribution in [3.8, 4) is 0 Å². The summed E-state index contributed by atoms with van der Waals surface area (Å²) < 4.78 is 16.5. The summed E-state index contributed by atoms with van der Waals surface area (Å²) in [5, 5.41) is 1.06. The van der Waals surface area contributed by atoms with Gasteiger partial charge in [0.15, 0.2) is 0 Å². The number of methoxy groups -OCH3 is 2. The molecule has 0 N–H and O–H groups in total. The van der Waals surface area contributed by atoms with Crippen LogP contribution in [0.4, 0.5) is 0 Å². The first-order valence-corrected chi connectivity index (χ1v) is 11.3. The molecule has 0 bridgehead atoms. The number of hydrogen-bond donors (Lipinski definition) is 0. The lowest BCUT2D eigenvalue weighted by atomic mass is 9.48. The fourth-order valence-corrected chi connectivity index (χ4v) is 7.61. The molecular weight excluding hydrogens is 386 g/mol. The molecule has 4 aliphatic carbocycles. The topological polar surface area (TPSA) is 40.0 Å². The van der Waals surface area contributed by atoms with Crippen LogP contribution in [-0.2, 0) is 14.2 Å². The molecule has 5 rings (SSSR count). The fourth-order valence-electron chi connectivity index (χ4n) is 7.16. The van der Waals surface area contributed by atoms with Gasteiger partial charge in [-0.25, -0.2) is 4.99 Å². The van der Waals surface area contributed by atoms with Crippen LogP contribution in [0, 0.1) is 28.6 Å². The van der Waals surface area contributed by atoms with Gasteiger partial charge in [0.2, 0.25) is 0 Å². The highest BCUT2D eigenvalue weighted by Crippen LogP contribution is 2.66. The van der Waals surface area contributed by atoms with Gasteiger partial charge in [-0.1, -0.05) is 31.5 Å². The van der Waals surface area contributed by atoms with E-state index in [0.29, 0.717) is 24.4 Å². The van der Waals surface area contributed by atoms with E-state index < -0.39 is 6.41 Å². The second-order valence-corrected chi connectivity index (χ2v) is 10.3. The third kappa shape index (κ3) is 2.82. The van der Waals surface area contributed by atoms with Gasteiger partial charge in [-0.3, -0.25) is 0 Å². The first-order chi connectivity index (χ1) is 13.9. The largest absolute Gasteiger partial charge is 0.501 e.